The monoisotopic (exact) mass is 738 g/mol. The predicted octanol–water partition coefficient (Wildman–Crippen LogP) is 13.5. The van der Waals surface area contributed by atoms with E-state index in [1.54, 1.807) is 0 Å². The second kappa shape index (κ2) is 27.3. The number of rotatable bonds is 30. The molecule has 0 fully saturated rings. The molecular weight excluding hydrogens is 673 g/mol. The Balaban J connectivity index is 1.81. The molecule has 0 atom stereocenters. The molecule has 54 heavy (non-hydrogen) atoms. The summed E-state index contributed by atoms with van der Waals surface area (Å²) in [6.07, 6.45) is 27.6. The lowest BCUT2D eigenvalue weighted by Gasteiger charge is -2.14. The maximum atomic E-state index is 12.0. The van der Waals surface area contributed by atoms with Gasteiger partial charge in [-0.25, -0.2) is 0 Å². The van der Waals surface area contributed by atoms with Crippen molar-refractivity contribution in [2.45, 2.75) is 130 Å². The molecule has 3 aromatic carbocycles. The Morgan fingerprint density at radius 2 is 0.648 bits per heavy atom. The third-order valence-corrected chi connectivity index (χ3v) is 9.41. The number of unbranched alkanes of at least 4 members (excludes halogenated alkanes) is 12. The molecule has 0 unspecified atom stereocenters. The van der Waals surface area contributed by atoms with Crippen molar-refractivity contribution < 1.29 is 28.5 Å². The van der Waals surface area contributed by atoms with Crippen LogP contribution in [0.15, 0.2) is 48.5 Å². The van der Waals surface area contributed by atoms with E-state index < -0.39 is 0 Å². The average Bonchev–Trinajstić information content (AvgIpc) is 3.19. The second-order valence-electron chi connectivity index (χ2n) is 14.1. The van der Waals surface area contributed by atoms with Crippen LogP contribution >= 0.6 is 0 Å². The summed E-state index contributed by atoms with van der Waals surface area (Å²) in [4.78, 5) is 24.1. The highest BCUT2D eigenvalue weighted by atomic mass is 16.5. The van der Waals surface area contributed by atoms with Crippen LogP contribution in [0.25, 0.3) is 24.3 Å². The van der Waals surface area contributed by atoms with Crippen LogP contribution in [0.3, 0.4) is 0 Å². The Morgan fingerprint density at radius 3 is 0.926 bits per heavy atom. The van der Waals surface area contributed by atoms with E-state index in [4.69, 9.17) is 18.9 Å². The molecule has 3 aromatic rings. The van der Waals surface area contributed by atoms with E-state index in [-0.39, 0.29) is 0 Å². The van der Waals surface area contributed by atoms with Crippen molar-refractivity contribution >= 4 is 36.9 Å². The normalized spacial score (nSPS) is 11.3. The number of benzene rings is 3. The standard InChI is InChI=1S/C48H66O6/c1-5-9-13-17-29-51-45-35-43(37-49)47(53-31-19-15-11-7-3)33-41(45)27-25-39-21-23-40(24-22-39)26-28-42-34-48(54-32-20-16-12-8-4)44(38-50)36-46(42)52-30-18-14-10-6-2/h21-28,33-38H,5-20,29-32H2,1-4H3/b27-25+,28-26+. The molecule has 0 saturated heterocycles. The van der Waals surface area contributed by atoms with Gasteiger partial charge in [0.25, 0.3) is 0 Å². The number of carbonyl (C=O) groups is 2. The fraction of sp³-hybridized carbons (Fsp3) is 0.500. The van der Waals surface area contributed by atoms with Gasteiger partial charge >= 0.3 is 0 Å². The van der Waals surface area contributed by atoms with Crippen molar-refractivity contribution in [1.82, 2.24) is 0 Å². The zero-order valence-electron chi connectivity index (χ0n) is 33.7. The highest BCUT2D eigenvalue weighted by molar-refractivity contribution is 5.85. The Kier molecular flexibility index (Phi) is 22.3. The van der Waals surface area contributed by atoms with Gasteiger partial charge in [-0.3, -0.25) is 9.59 Å². The van der Waals surface area contributed by atoms with Crippen LogP contribution < -0.4 is 18.9 Å². The van der Waals surface area contributed by atoms with Crippen molar-refractivity contribution in [3.63, 3.8) is 0 Å². The smallest absolute Gasteiger partial charge is 0.153 e. The van der Waals surface area contributed by atoms with Crippen molar-refractivity contribution in [2.24, 2.45) is 0 Å². The Morgan fingerprint density at radius 1 is 0.370 bits per heavy atom. The lowest BCUT2D eigenvalue weighted by atomic mass is 10.0. The number of hydrogen-bond acceptors (Lipinski definition) is 6. The molecule has 0 aliphatic heterocycles. The highest BCUT2D eigenvalue weighted by Crippen LogP contribution is 2.32. The van der Waals surface area contributed by atoms with Crippen molar-refractivity contribution in [2.75, 3.05) is 26.4 Å². The molecule has 6 heteroatoms. The summed E-state index contributed by atoms with van der Waals surface area (Å²) in [5.74, 6) is 2.57. The molecule has 0 radical (unpaired) electrons. The molecule has 0 N–H and O–H groups in total. The van der Waals surface area contributed by atoms with Crippen LogP contribution in [0.5, 0.6) is 23.0 Å². The predicted molar refractivity (Wildman–Crippen MR) is 227 cm³/mol. The van der Waals surface area contributed by atoms with Gasteiger partial charge in [0.15, 0.2) is 12.6 Å². The first-order valence-corrected chi connectivity index (χ1v) is 20.8. The topological polar surface area (TPSA) is 71.1 Å². The zero-order chi connectivity index (χ0) is 38.6. The minimum Gasteiger partial charge on any atom is -0.493 e. The lowest BCUT2D eigenvalue weighted by Crippen LogP contribution is -2.04. The van der Waals surface area contributed by atoms with E-state index in [0.29, 0.717) is 60.6 Å². The van der Waals surface area contributed by atoms with Gasteiger partial charge in [0, 0.05) is 11.1 Å². The van der Waals surface area contributed by atoms with E-state index >= 15 is 0 Å². The third kappa shape index (κ3) is 16.4. The summed E-state index contributed by atoms with van der Waals surface area (Å²) >= 11 is 0. The molecule has 0 saturated carbocycles. The molecule has 294 valence electrons. The quantitative estimate of drug-likeness (QED) is 0.0385. The Bertz CT molecular complexity index is 1440. The van der Waals surface area contributed by atoms with E-state index in [9.17, 15) is 9.59 Å². The van der Waals surface area contributed by atoms with E-state index in [1.165, 1.54) is 38.5 Å². The van der Waals surface area contributed by atoms with Gasteiger partial charge in [-0.05, 0) is 61.1 Å². The molecule has 6 nitrogen and oxygen atoms in total. The maximum absolute atomic E-state index is 12.0. The SMILES string of the molecule is CCCCCCOc1cc(/C=C/c2ccc(/C=C/c3cc(OCCCCCC)c(C=O)cc3OCCCCCC)cc2)c(OCCCCCC)cc1C=O. The summed E-state index contributed by atoms with van der Waals surface area (Å²) in [5, 5.41) is 0. The minimum absolute atomic E-state index is 0.513. The molecule has 0 spiro atoms. The van der Waals surface area contributed by atoms with Gasteiger partial charge in [0.2, 0.25) is 0 Å². The molecule has 0 aromatic heterocycles. The highest BCUT2D eigenvalue weighted by Gasteiger charge is 2.13. The summed E-state index contributed by atoms with van der Waals surface area (Å²) < 4.78 is 24.6. The minimum atomic E-state index is 0.513. The fourth-order valence-electron chi connectivity index (χ4n) is 6.06. The molecule has 0 aliphatic carbocycles. The summed E-state index contributed by atoms with van der Waals surface area (Å²) in [5.41, 5.74) is 4.86. The lowest BCUT2D eigenvalue weighted by molar-refractivity contribution is 0.111. The molecule has 3 rings (SSSR count). The van der Waals surface area contributed by atoms with Gasteiger partial charge in [-0.2, -0.15) is 0 Å². The maximum Gasteiger partial charge on any atom is 0.153 e. The Labute approximate surface area is 326 Å². The summed E-state index contributed by atoms with van der Waals surface area (Å²) in [6, 6.07) is 15.8. The van der Waals surface area contributed by atoms with Gasteiger partial charge < -0.3 is 18.9 Å². The zero-order valence-corrected chi connectivity index (χ0v) is 33.7. The third-order valence-electron chi connectivity index (χ3n) is 9.41. The van der Waals surface area contributed by atoms with E-state index in [0.717, 1.165) is 99.0 Å². The molecule has 0 aliphatic rings. The molecule has 0 amide bonds. The van der Waals surface area contributed by atoms with Gasteiger partial charge in [-0.15, -0.1) is 0 Å². The van der Waals surface area contributed by atoms with Crippen molar-refractivity contribution in [3.05, 3.63) is 81.9 Å². The van der Waals surface area contributed by atoms with Crippen LogP contribution in [0.1, 0.15) is 173 Å². The van der Waals surface area contributed by atoms with Crippen molar-refractivity contribution in [1.29, 1.82) is 0 Å². The summed E-state index contributed by atoms with van der Waals surface area (Å²) in [6.45, 7) is 11.1. The van der Waals surface area contributed by atoms with Gasteiger partial charge in [-0.1, -0.05) is 153 Å². The van der Waals surface area contributed by atoms with Crippen LogP contribution in [0.4, 0.5) is 0 Å². The van der Waals surface area contributed by atoms with Crippen LogP contribution in [0.2, 0.25) is 0 Å². The number of ether oxygens (including phenoxy) is 4. The van der Waals surface area contributed by atoms with Crippen molar-refractivity contribution in [3.8, 4) is 23.0 Å². The number of carbonyl (C=O) groups excluding carboxylic acids is 2. The molecule has 0 bridgehead atoms. The first-order chi connectivity index (χ1) is 26.6. The number of aldehydes is 2. The first kappa shape index (κ1) is 44.1. The average molecular weight is 739 g/mol. The van der Waals surface area contributed by atoms with E-state index in [1.807, 2.05) is 36.4 Å². The van der Waals surface area contributed by atoms with Crippen LogP contribution in [-0.2, 0) is 0 Å². The summed E-state index contributed by atoms with van der Waals surface area (Å²) in [7, 11) is 0. The largest absolute Gasteiger partial charge is 0.493 e. The molecule has 0 heterocycles. The van der Waals surface area contributed by atoms with Gasteiger partial charge in [0.1, 0.15) is 23.0 Å². The van der Waals surface area contributed by atoms with Crippen LogP contribution in [0, 0.1) is 0 Å². The van der Waals surface area contributed by atoms with Crippen LogP contribution in [-0.4, -0.2) is 39.0 Å². The van der Waals surface area contributed by atoms with Gasteiger partial charge in [0.05, 0.1) is 37.6 Å². The second-order valence-corrected chi connectivity index (χ2v) is 14.1. The Hall–Kier alpha value is -4.32. The molecular formula is C48H66O6. The first-order valence-electron chi connectivity index (χ1n) is 20.8. The fourth-order valence-corrected chi connectivity index (χ4v) is 6.06. The van der Waals surface area contributed by atoms with E-state index in [2.05, 4.69) is 64.1 Å². The number of hydrogen-bond donors (Lipinski definition) is 0.